The molecule has 0 aliphatic carbocycles. The third-order valence-corrected chi connectivity index (χ3v) is 4.73. The first-order chi connectivity index (χ1) is 12.0. The number of piperidine rings is 1. The van der Waals surface area contributed by atoms with E-state index < -0.39 is 0 Å². The first-order valence-corrected chi connectivity index (χ1v) is 8.56. The molecule has 0 saturated carbocycles. The highest BCUT2D eigenvalue weighted by Crippen LogP contribution is 2.31. The molecule has 1 aliphatic heterocycles. The summed E-state index contributed by atoms with van der Waals surface area (Å²) in [4.78, 5) is 22.8. The molecule has 0 radical (unpaired) electrons. The van der Waals surface area contributed by atoms with Crippen LogP contribution in [-0.2, 0) is 4.79 Å². The monoisotopic (exact) mass is 336 g/mol. The van der Waals surface area contributed by atoms with Crippen LogP contribution in [0, 0.1) is 5.41 Å². The van der Waals surface area contributed by atoms with Crippen LogP contribution < -0.4 is 5.32 Å². The number of amides is 1. The Labute approximate surface area is 148 Å². The number of nitrogens with one attached hydrogen (secondary N) is 1. The highest BCUT2D eigenvalue weighted by Gasteiger charge is 2.37. The number of hydrogen-bond acceptors (Lipinski definition) is 4. The minimum atomic E-state index is -0.0607. The Hall–Kier alpha value is -2.69. The van der Waals surface area contributed by atoms with Gasteiger partial charge in [0.2, 0.25) is 5.91 Å². The molecule has 1 atom stereocenters. The molecule has 5 heteroatoms. The van der Waals surface area contributed by atoms with Crippen LogP contribution in [0.5, 0.6) is 0 Å². The van der Waals surface area contributed by atoms with Gasteiger partial charge in [0, 0.05) is 36.3 Å². The molecule has 1 saturated heterocycles. The Morgan fingerprint density at radius 3 is 2.76 bits per heavy atom. The minimum Gasteiger partial charge on any atom is -0.367 e. The highest BCUT2D eigenvalue weighted by atomic mass is 16.2. The van der Waals surface area contributed by atoms with Crippen molar-refractivity contribution in [3.8, 4) is 11.4 Å². The van der Waals surface area contributed by atoms with Crippen LogP contribution in [0.25, 0.3) is 11.4 Å². The van der Waals surface area contributed by atoms with Gasteiger partial charge in [0.05, 0.1) is 0 Å². The van der Waals surface area contributed by atoms with Crippen molar-refractivity contribution in [3.63, 3.8) is 0 Å². The zero-order chi connectivity index (χ0) is 17.9. The molecule has 5 nitrogen and oxygen atoms in total. The number of hydrogen-bond donors (Lipinski definition) is 1. The first-order valence-electron chi connectivity index (χ1n) is 8.56. The van der Waals surface area contributed by atoms with Crippen LogP contribution in [0.3, 0.4) is 0 Å². The summed E-state index contributed by atoms with van der Waals surface area (Å²) in [6, 6.07) is 12.1. The van der Waals surface area contributed by atoms with Gasteiger partial charge in [-0.2, -0.15) is 0 Å². The predicted molar refractivity (Wildman–Crippen MR) is 100 cm³/mol. The molecular formula is C20H24N4O. The maximum Gasteiger partial charge on any atom is 0.245 e. The lowest BCUT2D eigenvalue weighted by atomic mass is 9.79. The quantitative estimate of drug-likeness (QED) is 0.870. The Kier molecular flexibility index (Phi) is 4.83. The summed E-state index contributed by atoms with van der Waals surface area (Å²) in [7, 11) is 0. The molecule has 1 amide bonds. The molecule has 1 aliphatic rings. The van der Waals surface area contributed by atoms with Gasteiger partial charge < -0.3 is 10.2 Å². The van der Waals surface area contributed by atoms with E-state index in [9.17, 15) is 4.79 Å². The van der Waals surface area contributed by atoms with Crippen molar-refractivity contribution in [2.45, 2.75) is 26.3 Å². The van der Waals surface area contributed by atoms with Crippen molar-refractivity contribution in [3.05, 3.63) is 55.3 Å². The average Bonchev–Trinajstić information content (AvgIpc) is 2.63. The highest BCUT2D eigenvalue weighted by molar-refractivity contribution is 5.87. The van der Waals surface area contributed by atoms with Crippen molar-refractivity contribution < 1.29 is 4.79 Å². The summed E-state index contributed by atoms with van der Waals surface area (Å²) < 4.78 is 0. The van der Waals surface area contributed by atoms with E-state index in [4.69, 9.17) is 0 Å². The van der Waals surface area contributed by atoms with E-state index in [0.717, 1.165) is 24.3 Å². The Balaban J connectivity index is 1.74. The van der Waals surface area contributed by atoms with E-state index in [1.807, 2.05) is 41.3 Å². The fourth-order valence-corrected chi connectivity index (χ4v) is 3.29. The Morgan fingerprint density at radius 2 is 2.08 bits per heavy atom. The van der Waals surface area contributed by atoms with Gasteiger partial charge >= 0.3 is 0 Å². The van der Waals surface area contributed by atoms with Crippen molar-refractivity contribution in [1.82, 2.24) is 14.9 Å². The molecular weight excluding hydrogens is 312 g/mol. The van der Waals surface area contributed by atoms with Crippen LogP contribution in [0.2, 0.25) is 0 Å². The van der Waals surface area contributed by atoms with Gasteiger partial charge in [0.25, 0.3) is 0 Å². The van der Waals surface area contributed by atoms with Crippen LogP contribution in [-0.4, -0.2) is 39.9 Å². The van der Waals surface area contributed by atoms with Gasteiger partial charge in [0.15, 0.2) is 5.82 Å². The molecule has 3 rings (SSSR count). The molecule has 1 unspecified atom stereocenters. The topological polar surface area (TPSA) is 58.1 Å². The number of benzene rings is 1. The van der Waals surface area contributed by atoms with Crippen LogP contribution in [0.4, 0.5) is 5.82 Å². The number of aromatic nitrogens is 2. The normalized spacial score (nSPS) is 19.3. The molecule has 1 fully saturated rings. The van der Waals surface area contributed by atoms with Crippen LogP contribution in [0.15, 0.2) is 55.3 Å². The fourth-order valence-electron chi connectivity index (χ4n) is 3.29. The van der Waals surface area contributed by atoms with Gasteiger partial charge in [-0.05, 0) is 18.6 Å². The summed E-state index contributed by atoms with van der Waals surface area (Å²) in [6.07, 6.45) is 4.04. The van der Waals surface area contributed by atoms with Gasteiger partial charge in [-0.15, -0.1) is 0 Å². The predicted octanol–water partition coefficient (Wildman–Crippen LogP) is 3.37. The lowest BCUT2D eigenvalue weighted by Crippen LogP contribution is -2.53. The number of carbonyl (C=O) groups is 1. The summed E-state index contributed by atoms with van der Waals surface area (Å²) in [6.45, 7) is 9.36. The zero-order valence-corrected chi connectivity index (χ0v) is 14.8. The minimum absolute atomic E-state index is 0.0000695. The Bertz CT molecular complexity index is 757. The smallest absolute Gasteiger partial charge is 0.245 e. The number of carbonyl (C=O) groups excluding carboxylic acids is 1. The lowest BCUT2D eigenvalue weighted by molar-refractivity contribution is -0.129. The Morgan fingerprint density at radius 1 is 1.32 bits per heavy atom. The van der Waals surface area contributed by atoms with E-state index in [-0.39, 0.29) is 17.4 Å². The molecule has 1 aromatic carbocycles. The molecule has 1 aromatic heterocycles. The summed E-state index contributed by atoms with van der Waals surface area (Å²) >= 11 is 0. The van der Waals surface area contributed by atoms with Gasteiger partial charge in [-0.1, -0.05) is 50.8 Å². The summed E-state index contributed by atoms with van der Waals surface area (Å²) in [5, 5.41) is 3.54. The van der Waals surface area contributed by atoms with Crippen molar-refractivity contribution in [2.24, 2.45) is 5.41 Å². The van der Waals surface area contributed by atoms with E-state index in [1.54, 1.807) is 6.20 Å². The van der Waals surface area contributed by atoms with Gasteiger partial charge in [0.1, 0.15) is 5.82 Å². The summed E-state index contributed by atoms with van der Waals surface area (Å²) in [5.74, 6) is 1.53. The van der Waals surface area contributed by atoms with E-state index in [0.29, 0.717) is 12.4 Å². The third kappa shape index (κ3) is 3.87. The first kappa shape index (κ1) is 17.1. The second-order valence-corrected chi connectivity index (χ2v) is 7.07. The molecule has 25 heavy (non-hydrogen) atoms. The molecule has 130 valence electrons. The second-order valence-electron chi connectivity index (χ2n) is 7.07. The average molecular weight is 336 g/mol. The fraction of sp³-hybridized carbons (Fsp3) is 0.350. The summed E-state index contributed by atoms with van der Waals surface area (Å²) in [5.41, 5.74) is 0.936. The largest absolute Gasteiger partial charge is 0.367 e. The second kappa shape index (κ2) is 7.05. The van der Waals surface area contributed by atoms with Gasteiger partial charge in [-0.25, -0.2) is 9.97 Å². The maximum absolute atomic E-state index is 11.9. The molecule has 1 N–H and O–H groups in total. The molecule has 0 spiro atoms. The standard InChI is InChI=1S/C20H24N4O/c1-4-18(25)24-13-11-16(20(2,3)14-24)22-17-10-12-21-19(23-17)15-8-6-5-7-9-15/h4-10,12,16H,1,11,13-14H2,2-3H3,(H,21,22,23). The van der Waals surface area contributed by atoms with E-state index >= 15 is 0 Å². The zero-order valence-electron chi connectivity index (χ0n) is 14.8. The van der Waals surface area contributed by atoms with Crippen molar-refractivity contribution >= 4 is 11.7 Å². The molecule has 2 aromatic rings. The number of nitrogens with zero attached hydrogens (tertiary/aromatic N) is 3. The molecule has 2 heterocycles. The van der Waals surface area contributed by atoms with Crippen molar-refractivity contribution in [2.75, 3.05) is 18.4 Å². The van der Waals surface area contributed by atoms with Crippen LogP contribution in [0.1, 0.15) is 20.3 Å². The van der Waals surface area contributed by atoms with E-state index in [2.05, 4.69) is 35.7 Å². The number of anilines is 1. The lowest BCUT2D eigenvalue weighted by Gasteiger charge is -2.44. The number of rotatable bonds is 4. The van der Waals surface area contributed by atoms with Crippen molar-refractivity contribution in [1.29, 1.82) is 0 Å². The van der Waals surface area contributed by atoms with E-state index in [1.165, 1.54) is 6.08 Å². The third-order valence-electron chi connectivity index (χ3n) is 4.73. The number of likely N-dealkylation sites (tertiary alicyclic amines) is 1. The van der Waals surface area contributed by atoms with Crippen LogP contribution >= 0.6 is 0 Å². The molecule has 0 bridgehead atoms. The maximum atomic E-state index is 11.9. The SMILES string of the molecule is C=CC(=O)N1CCC(Nc2ccnc(-c3ccccc3)n2)C(C)(C)C1. The van der Waals surface area contributed by atoms with Gasteiger partial charge in [-0.3, -0.25) is 4.79 Å².